The molecule has 0 saturated heterocycles. The number of benzene rings is 1. The number of hydrogen-bond acceptors (Lipinski definition) is 4. The van der Waals surface area contributed by atoms with Crippen LogP contribution in [-0.4, -0.2) is 15.9 Å². The first kappa shape index (κ1) is 17.5. The lowest BCUT2D eigenvalue weighted by molar-refractivity contribution is 0.341. The second-order valence-corrected chi connectivity index (χ2v) is 8.08. The van der Waals surface area contributed by atoms with Gasteiger partial charge < -0.3 is 5.73 Å². The van der Waals surface area contributed by atoms with Crippen molar-refractivity contribution in [1.82, 2.24) is 4.98 Å². The monoisotopic (exact) mass is 373 g/mol. The summed E-state index contributed by atoms with van der Waals surface area (Å²) >= 11 is 1.56. The van der Waals surface area contributed by atoms with Gasteiger partial charge >= 0.3 is 0 Å². The number of aryl methyl sites for hydroxylation is 2. The molecule has 1 fully saturated rings. The SMILES string of the molecule is NC1=NC2(c3cc(CCc4cccnc4F)ccc3F)CCCC2CS1. The fourth-order valence-electron chi connectivity index (χ4n) is 4.20. The number of aromatic nitrogens is 1. The molecular formula is C20H21F2N3S. The predicted octanol–water partition coefficient (Wildman–Crippen LogP) is 4.20. The van der Waals surface area contributed by atoms with Gasteiger partial charge in [0.2, 0.25) is 5.95 Å². The summed E-state index contributed by atoms with van der Waals surface area (Å²) in [6.45, 7) is 0. The van der Waals surface area contributed by atoms with E-state index in [1.807, 2.05) is 6.07 Å². The normalized spacial score (nSPS) is 25.0. The molecule has 0 bridgehead atoms. The van der Waals surface area contributed by atoms with Crippen molar-refractivity contribution in [2.45, 2.75) is 37.6 Å². The fraction of sp³-hybridized carbons (Fsp3) is 0.400. The van der Waals surface area contributed by atoms with Crippen LogP contribution in [0.4, 0.5) is 8.78 Å². The molecular weight excluding hydrogens is 352 g/mol. The van der Waals surface area contributed by atoms with E-state index in [0.717, 1.165) is 30.6 Å². The molecule has 2 heterocycles. The molecule has 6 heteroatoms. The minimum absolute atomic E-state index is 0.225. The van der Waals surface area contributed by atoms with Gasteiger partial charge in [0.15, 0.2) is 5.17 Å². The van der Waals surface area contributed by atoms with Crippen molar-refractivity contribution in [3.8, 4) is 0 Å². The molecule has 3 nitrogen and oxygen atoms in total. The summed E-state index contributed by atoms with van der Waals surface area (Å²) < 4.78 is 28.5. The van der Waals surface area contributed by atoms with Gasteiger partial charge in [0.1, 0.15) is 5.82 Å². The van der Waals surface area contributed by atoms with Crippen LogP contribution in [0, 0.1) is 17.7 Å². The van der Waals surface area contributed by atoms with Gasteiger partial charge in [0.05, 0.1) is 5.54 Å². The predicted molar refractivity (Wildman–Crippen MR) is 101 cm³/mol. The van der Waals surface area contributed by atoms with E-state index in [1.165, 1.54) is 12.3 Å². The quantitative estimate of drug-likeness (QED) is 0.817. The summed E-state index contributed by atoms with van der Waals surface area (Å²) in [5.74, 6) is 0.544. The van der Waals surface area contributed by atoms with Crippen molar-refractivity contribution < 1.29 is 8.78 Å². The number of aliphatic imine (C=N–C) groups is 1. The molecule has 1 aliphatic heterocycles. The van der Waals surface area contributed by atoms with E-state index in [4.69, 9.17) is 10.7 Å². The van der Waals surface area contributed by atoms with Crippen molar-refractivity contribution in [3.05, 3.63) is 65.0 Å². The van der Waals surface area contributed by atoms with Crippen LogP contribution in [0.1, 0.15) is 36.0 Å². The van der Waals surface area contributed by atoms with Crippen molar-refractivity contribution >= 4 is 16.9 Å². The molecule has 2 atom stereocenters. The van der Waals surface area contributed by atoms with Crippen LogP contribution in [0.2, 0.25) is 0 Å². The molecule has 0 spiro atoms. The van der Waals surface area contributed by atoms with E-state index in [0.29, 0.717) is 35.1 Å². The summed E-state index contributed by atoms with van der Waals surface area (Å²) in [5.41, 5.74) is 7.67. The van der Waals surface area contributed by atoms with Crippen LogP contribution < -0.4 is 5.73 Å². The molecule has 1 aliphatic carbocycles. The molecule has 2 unspecified atom stereocenters. The third-order valence-electron chi connectivity index (χ3n) is 5.54. The number of fused-ring (bicyclic) bond motifs is 1. The average Bonchev–Trinajstić information content (AvgIpc) is 3.06. The Labute approximate surface area is 156 Å². The number of rotatable bonds is 4. The smallest absolute Gasteiger partial charge is 0.216 e. The molecule has 1 aromatic heterocycles. The van der Waals surface area contributed by atoms with Gasteiger partial charge in [-0.3, -0.25) is 4.99 Å². The van der Waals surface area contributed by atoms with E-state index in [1.54, 1.807) is 30.0 Å². The molecule has 4 rings (SSSR count). The highest BCUT2D eigenvalue weighted by Gasteiger charge is 2.47. The van der Waals surface area contributed by atoms with E-state index >= 15 is 0 Å². The number of amidine groups is 1. The summed E-state index contributed by atoms with van der Waals surface area (Å²) in [6, 6.07) is 8.67. The summed E-state index contributed by atoms with van der Waals surface area (Å²) in [7, 11) is 0. The zero-order valence-electron chi connectivity index (χ0n) is 14.4. The topological polar surface area (TPSA) is 51.3 Å². The summed E-state index contributed by atoms with van der Waals surface area (Å²) in [6.07, 6.45) is 5.52. The minimum Gasteiger partial charge on any atom is -0.379 e. The maximum Gasteiger partial charge on any atom is 0.216 e. The van der Waals surface area contributed by atoms with Crippen LogP contribution >= 0.6 is 11.8 Å². The van der Waals surface area contributed by atoms with Crippen LogP contribution in [-0.2, 0) is 18.4 Å². The molecule has 0 amide bonds. The lowest BCUT2D eigenvalue weighted by Crippen LogP contribution is -2.37. The van der Waals surface area contributed by atoms with Gasteiger partial charge in [-0.2, -0.15) is 4.39 Å². The largest absolute Gasteiger partial charge is 0.379 e. The molecule has 2 aliphatic rings. The molecule has 0 radical (unpaired) electrons. The van der Waals surface area contributed by atoms with Crippen molar-refractivity contribution in [1.29, 1.82) is 0 Å². The standard InChI is InChI=1S/C20H21F2N3S/c21-17-8-6-13(5-7-14-3-2-10-24-18(14)22)11-16(17)20-9-1-4-15(20)12-26-19(23)25-20/h2-3,6,8,10-11,15H,1,4-5,7,9,12H2,(H2,23,25). The zero-order chi connectivity index (χ0) is 18.1. The maximum atomic E-state index is 14.8. The summed E-state index contributed by atoms with van der Waals surface area (Å²) in [5, 5.41) is 0.547. The third-order valence-corrected chi connectivity index (χ3v) is 6.50. The number of thioether (sulfide) groups is 1. The Balaban J connectivity index is 1.64. The van der Waals surface area contributed by atoms with Crippen LogP contribution in [0.15, 0.2) is 41.5 Å². The maximum absolute atomic E-state index is 14.8. The summed E-state index contributed by atoms with van der Waals surface area (Å²) in [4.78, 5) is 8.41. The van der Waals surface area contributed by atoms with E-state index in [-0.39, 0.29) is 5.82 Å². The van der Waals surface area contributed by atoms with Crippen molar-refractivity contribution in [3.63, 3.8) is 0 Å². The number of hydrogen-bond donors (Lipinski definition) is 1. The second kappa shape index (κ2) is 6.99. The highest BCUT2D eigenvalue weighted by atomic mass is 32.2. The fourth-order valence-corrected chi connectivity index (χ4v) is 5.25. The molecule has 136 valence electrons. The minimum atomic E-state index is -0.533. The molecule has 26 heavy (non-hydrogen) atoms. The number of pyridine rings is 1. The van der Waals surface area contributed by atoms with E-state index < -0.39 is 11.5 Å². The van der Waals surface area contributed by atoms with Gasteiger partial charge in [-0.15, -0.1) is 0 Å². The Morgan fingerprint density at radius 3 is 2.96 bits per heavy atom. The second-order valence-electron chi connectivity index (χ2n) is 7.04. The van der Waals surface area contributed by atoms with Gasteiger partial charge in [-0.1, -0.05) is 36.4 Å². The number of halogens is 2. The van der Waals surface area contributed by atoms with Gasteiger partial charge in [-0.25, -0.2) is 9.37 Å². The first-order chi connectivity index (χ1) is 12.6. The molecule has 1 aromatic carbocycles. The Morgan fingerprint density at radius 2 is 2.12 bits per heavy atom. The molecule has 1 saturated carbocycles. The van der Waals surface area contributed by atoms with Crippen LogP contribution in [0.3, 0.4) is 0 Å². The zero-order valence-corrected chi connectivity index (χ0v) is 15.2. The lowest BCUT2D eigenvalue weighted by Gasteiger charge is -2.36. The first-order valence-corrected chi connectivity index (χ1v) is 9.93. The third kappa shape index (κ3) is 3.11. The lowest BCUT2D eigenvalue weighted by atomic mass is 9.80. The van der Waals surface area contributed by atoms with Gasteiger partial charge in [0, 0.05) is 23.1 Å². The average molecular weight is 373 g/mol. The Morgan fingerprint density at radius 1 is 1.23 bits per heavy atom. The molecule has 2 N–H and O–H groups in total. The highest BCUT2D eigenvalue weighted by Crippen LogP contribution is 2.51. The number of nitrogens with two attached hydrogens (primary N) is 1. The van der Waals surface area contributed by atoms with E-state index in [9.17, 15) is 8.78 Å². The highest BCUT2D eigenvalue weighted by molar-refractivity contribution is 8.13. The van der Waals surface area contributed by atoms with Crippen molar-refractivity contribution in [2.24, 2.45) is 16.6 Å². The Bertz CT molecular complexity index is 855. The van der Waals surface area contributed by atoms with Gasteiger partial charge in [-0.05, 0) is 49.3 Å². The first-order valence-electron chi connectivity index (χ1n) is 8.95. The Hall–Kier alpha value is -1.95. The van der Waals surface area contributed by atoms with Crippen molar-refractivity contribution in [2.75, 3.05) is 5.75 Å². The van der Waals surface area contributed by atoms with E-state index in [2.05, 4.69) is 4.98 Å². The molecule has 2 aromatic rings. The number of nitrogens with zero attached hydrogens (tertiary/aromatic N) is 2. The van der Waals surface area contributed by atoms with Gasteiger partial charge in [0.25, 0.3) is 0 Å². The van der Waals surface area contributed by atoms with Crippen LogP contribution in [0.5, 0.6) is 0 Å². The Kier molecular flexibility index (Phi) is 4.69. The van der Waals surface area contributed by atoms with Crippen LogP contribution in [0.25, 0.3) is 0 Å².